The van der Waals surface area contributed by atoms with Gasteiger partial charge < -0.3 is 24.1 Å². The molecule has 4 aliphatic rings. The minimum atomic E-state index is -0.471. The second kappa shape index (κ2) is 13.5. The van der Waals surface area contributed by atoms with Crippen LogP contribution in [0.25, 0.3) is 0 Å². The van der Waals surface area contributed by atoms with Crippen molar-refractivity contribution in [2.45, 2.75) is 137 Å². The topological polar surface area (TPSA) is 125 Å². The number of esters is 4. The Labute approximate surface area is 257 Å². The molecule has 4 saturated carbocycles. The van der Waals surface area contributed by atoms with Crippen LogP contribution in [0.3, 0.4) is 0 Å². The summed E-state index contributed by atoms with van der Waals surface area (Å²) < 4.78 is 22.4. The standard InChI is InChI=1S/C34H54O9/c1-19(8-9-25(41-21(3)36)13-15-40-20(2)35)27-10-11-28-32-29(18-31(39)34(27,28)7)33(6)14-12-26(42-22(4)37)16-24(33)17-30(32)43-23(5)38/h19,24-32,39H,8-18H2,1-7H3/t19-,24-,25-,26-,27-,28+,29+,30-,31+,32+,33+,34-/m1/s1. The van der Waals surface area contributed by atoms with Crippen LogP contribution in [0, 0.1) is 46.3 Å². The number of carbonyl (C=O) groups is 4. The smallest absolute Gasteiger partial charge is 0.302 e. The fourth-order valence-electron chi connectivity index (χ4n) is 10.2. The van der Waals surface area contributed by atoms with Gasteiger partial charge in [-0.3, -0.25) is 19.2 Å². The van der Waals surface area contributed by atoms with Crippen molar-refractivity contribution in [3.05, 3.63) is 0 Å². The molecular formula is C34H54O9. The van der Waals surface area contributed by atoms with Gasteiger partial charge in [-0.05, 0) is 98.2 Å². The third kappa shape index (κ3) is 7.07. The molecule has 0 radical (unpaired) electrons. The van der Waals surface area contributed by atoms with Gasteiger partial charge in [-0.15, -0.1) is 0 Å². The number of hydrogen-bond acceptors (Lipinski definition) is 9. The Morgan fingerprint density at radius 3 is 2.14 bits per heavy atom. The molecule has 0 aromatic rings. The first-order chi connectivity index (χ1) is 20.2. The van der Waals surface area contributed by atoms with Crippen molar-refractivity contribution in [1.82, 2.24) is 0 Å². The minimum absolute atomic E-state index is 0.0107. The highest BCUT2D eigenvalue weighted by molar-refractivity contribution is 5.67. The van der Waals surface area contributed by atoms with Gasteiger partial charge in [0.15, 0.2) is 0 Å². The van der Waals surface area contributed by atoms with Gasteiger partial charge in [-0.25, -0.2) is 0 Å². The molecule has 4 aliphatic carbocycles. The molecular weight excluding hydrogens is 552 g/mol. The van der Waals surface area contributed by atoms with Gasteiger partial charge in [0.1, 0.15) is 18.3 Å². The Kier molecular flexibility index (Phi) is 10.6. The van der Waals surface area contributed by atoms with Gasteiger partial charge in [0.25, 0.3) is 0 Å². The van der Waals surface area contributed by atoms with Gasteiger partial charge in [0, 0.05) is 40.0 Å². The van der Waals surface area contributed by atoms with E-state index in [1.54, 1.807) is 0 Å². The van der Waals surface area contributed by atoms with Crippen LogP contribution in [-0.4, -0.2) is 60.0 Å². The van der Waals surface area contributed by atoms with Crippen molar-refractivity contribution in [2.24, 2.45) is 46.3 Å². The summed E-state index contributed by atoms with van der Waals surface area (Å²) in [7, 11) is 0. The highest BCUT2D eigenvalue weighted by atomic mass is 16.6. The predicted octanol–water partition coefficient (Wildman–Crippen LogP) is 5.39. The van der Waals surface area contributed by atoms with Gasteiger partial charge in [-0.2, -0.15) is 0 Å². The van der Waals surface area contributed by atoms with E-state index in [4.69, 9.17) is 18.9 Å². The lowest BCUT2D eigenvalue weighted by molar-refractivity contribution is -0.218. The minimum Gasteiger partial charge on any atom is -0.466 e. The van der Waals surface area contributed by atoms with E-state index in [0.717, 1.165) is 44.9 Å². The van der Waals surface area contributed by atoms with E-state index >= 15 is 0 Å². The van der Waals surface area contributed by atoms with Crippen LogP contribution in [0.2, 0.25) is 0 Å². The number of aliphatic hydroxyl groups excluding tert-OH is 1. The molecule has 43 heavy (non-hydrogen) atoms. The summed E-state index contributed by atoms with van der Waals surface area (Å²) in [5.41, 5.74) is -0.324. The normalized spacial score (nSPS) is 39.7. The Morgan fingerprint density at radius 2 is 1.51 bits per heavy atom. The molecule has 9 heteroatoms. The van der Waals surface area contributed by atoms with Crippen molar-refractivity contribution in [3.63, 3.8) is 0 Å². The largest absolute Gasteiger partial charge is 0.466 e. The molecule has 0 aromatic heterocycles. The van der Waals surface area contributed by atoms with E-state index < -0.39 is 6.10 Å². The molecule has 0 unspecified atom stereocenters. The third-order valence-electron chi connectivity index (χ3n) is 12.1. The maximum Gasteiger partial charge on any atom is 0.302 e. The highest BCUT2D eigenvalue weighted by Gasteiger charge is 2.66. The predicted molar refractivity (Wildman–Crippen MR) is 158 cm³/mol. The van der Waals surface area contributed by atoms with Crippen LogP contribution in [0.15, 0.2) is 0 Å². The number of carbonyl (C=O) groups excluding carboxylic acids is 4. The van der Waals surface area contributed by atoms with Crippen LogP contribution < -0.4 is 0 Å². The van der Waals surface area contributed by atoms with Crippen LogP contribution >= 0.6 is 0 Å². The van der Waals surface area contributed by atoms with E-state index in [0.29, 0.717) is 19.3 Å². The molecule has 9 nitrogen and oxygen atoms in total. The van der Waals surface area contributed by atoms with Crippen LogP contribution in [0.5, 0.6) is 0 Å². The molecule has 0 heterocycles. The van der Waals surface area contributed by atoms with Crippen molar-refractivity contribution in [1.29, 1.82) is 0 Å². The van der Waals surface area contributed by atoms with Gasteiger partial charge >= 0.3 is 23.9 Å². The average molecular weight is 607 g/mol. The second-order valence-electron chi connectivity index (χ2n) is 14.6. The van der Waals surface area contributed by atoms with E-state index in [2.05, 4.69) is 20.8 Å². The lowest BCUT2D eigenvalue weighted by Crippen LogP contribution is -2.63. The summed E-state index contributed by atoms with van der Waals surface area (Å²) in [5, 5.41) is 12.0. The molecule has 0 aliphatic heterocycles. The van der Waals surface area contributed by atoms with E-state index in [1.165, 1.54) is 27.7 Å². The Balaban J connectivity index is 1.52. The molecule has 244 valence electrons. The summed E-state index contributed by atoms with van der Waals surface area (Å²) in [4.78, 5) is 47.1. The lowest BCUT2D eigenvalue weighted by Gasteiger charge is -2.64. The molecule has 1 N–H and O–H groups in total. The Bertz CT molecular complexity index is 1040. The molecule has 4 fully saturated rings. The number of hydrogen-bond donors (Lipinski definition) is 1. The van der Waals surface area contributed by atoms with E-state index in [-0.39, 0.29) is 95.1 Å². The summed E-state index contributed by atoms with van der Waals surface area (Å²) in [6, 6.07) is 0. The van der Waals surface area contributed by atoms with Crippen molar-refractivity contribution in [3.8, 4) is 0 Å². The molecule has 0 amide bonds. The first-order valence-electron chi connectivity index (χ1n) is 16.5. The first kappa shape index (κ1) is 33.7. The maximum atomic E-state index is 12.4. The maximum absolute atomic E-state index is 12.4. The first-order valence-corrected chi connectivity index (χ1v) is 16.5. The summed E-state index contributed by atoms with van der Waals surface area (Å²) >= 11 is 0. The Morgan fingerprint density at radius 1 is 0.814 bits per heavy atom. The zero-order chi connectivity index (χ0) is 31.7. The fraction of sp³-hybridized carbons (Fsp3) is 0.882. The number of ether oxygens (including phenoxy) is 4. The van der Waals surface area contributed by atoms with E-state index in [9.17, 15) is 24.3 Å². The van der Waals surface area contributed by atoms with Gasteiger partial charge in [-0.1, -0.05) is 20.8 Å². The zero-order valence-electron chi connectivity index (χ0n) is 27.3. The number of aliphatic hydroxyl groups is 1. The lowest BCUT2D eigenvalue weighted by atomic mass is 9.43. The van der Waals surface area contributed by atoms with Gasteiger partial charge in [0.2, 0.25) is 0 Å². The van der Waals surface area contributed by atoms with Crippen LogP contribution in [0.4, 0.5) is 0 Å². The summed E-state index contributed by atoms with van der Waals surface area (Å²) in [6.45, 7) is 12.8. The SMILES string of the molecule is CC(=O)OCC[C@@H](CC[C@@H](C)[C@H]1CC[C@H]2[C@@H]3[C@H](OC(C)=O)C[C@H]4C[C@H](OC(C)=O)CC[C@]4(C)[C@H]3C[C@H](O)[C@]12C)OC(C)=O. The zero-order valence-corrected chi connectivity index (χ0v) is 27.3. The van der Waals surface area contributed by atoms with Crippen LogP contribution in [0.1, 0.15) is 113 Å². The molecule has 0 bridgehead atoms. The van der Waals surface area contributed by atoms with E-state index in [1.807, 2.05) is 0 Å². The molecule has 0 saturated heterocycles. The molecule has 12 atom stereocenters. The fourth-order valence-corrected chi connectivity index (χ4v) is 10.2. The quantitative estimate of drug-likeness (QED) is 0.257. The Hall–Kier alpha value is -2.16. The molecule has 0 spiro atoms. The van der Waals surface area contributed by atoms with Crippen LogP contribution in [-0.2, 0) is 38.1 Å². The van der Waals surface area contributed by atoms with Crippen molar-refractivity contribution < 1.29 is 43.2 Å². The monoisotopic (exact) mass is 606 g/mol. The summed E-state index contributed by atoms with van der Waals surface area (Å²) in [6.07, 6.45) is 6.81. The van der Waals surface area contributed by atoms with Gasteiger partial charge in [0.05, 0.1) is 12.7 Å². The average Bonchev–Trinajstić information content (AvgIpc) is 3.25. The number of fused-ring (bicyclic) bond motifs is 5. The second-order valence-corrected chi connectivity index (χ2v) is 14.6. The van der Waals surface area contributed by atoms with Crippen molar-refractivity contribution >= 4 is 23.9 Å². The third-order valence-corrected chi connectivity index (χ3v) is 12.1. The molecule has 0 aromatic carbocycles. The number of rotatable bonds is 10. The molecule has 4 rings (SSSR count). The van der Waals surface area contributed by atoms with Crippen molar-refractivity contribution in [2.75, 3.05) is 6.61 Å². The summed E-state index contributed by atoms with van der Waals surface area (Å²) in [5.74, 6) is 0.252. The highest BCUT2D eigenvalue weighted by Crippen LogP contribution is 2.69.